The number of aromatic amines is 1. The van der Waals surface area contributed by atoms with Crippen LogP contribution in [0.2, 0.25) is 0 Å². The molecular weight excluding hydrogens is 264 g/mol. The number of aliphatic hydroxyl groups is 1. The molecule has 104 valence electrons. The molecule has 1 heterocycles. The number of hydrogen-bond donors (Lipinski definition) is 3. The van der Waals surface area contributed by atoms with Crippen molar-refractivity contribution in [3.63, 3.8) is 0 Å². The van der Waals surface area contributed by atoms with E-state index in [1.807, 2.05) is 0 Å². The molecule has 0 radical (unpaired) electrons. The molecule has 1 fully saturated rings. The predicted molar refractivity (Wildman–Crippen MR) is 71.7 cm³/mol. The largest absolute Gasteiger partial charge is 0.394 e. The molecule has 2 aromatic rings. The van der Waals surface area contributed by atoms with Gasteiger partial charge < -0.3 is 15.4 Å². The molecule has 1 aromatic carbocycles. The summed E-state index contributed by atoms with van der Waals surface area (Å²) in [7, 11) is 0. The van der Waals surface area contributed by atoms with Crippen molar-refractivity contribution in [1.29, 1.82) is 0 Å². The van der Waals surface area contributed by atoms with Crippen molar-refractivity contribution < 1.29 is 10.0 Å². The quantitative estimate of drug-likeness (QED) is 0.560. The molecule has 0 atom stereocenters. The van der Waals surface area contributed by atoms with E-state index in [1.54, 1.807) is 0 Å². The fraction of sp³-hybridized carbons (Fsp3) is 0.333. The van der Waals surface area contributed by atoms with E-state index in [-0.39, 0.29) is 23.4 Å². The minimum atomic E-state index is -0.554. The molecule has 8 heteroatoms. The number of nitrogens with one attached hydrogen (secondary N) is 2. The highest BCUT2D eigenvalue weighted by Gasteiger charge is 2.43. The Kier molecular flexibility index (Phi) is 2.68. The van der Waals surface area contributed by atoms with Crippen LogP contribution in [-0.4, -0.2) is 32.1 Å². The van der Waals surface area contributed by atoms with Crippen LogP contribution in [0.4, 0.5) is 11.4 Å². The number of aromatic nitrogens is 2. The monoisotopic (exact) mass is 276 g/mol. The van der Waals surface area contributed by atoms with Gasteiger partial charge in [-0.15, -0.1) is 0 Å². The van der Waals surface area contributed by atoms with Gasteiger partial charge in [0.25, 0.3) is 11.2 Å². The first-order valence-electron chi connectivity index (χ1n) is 6.09. The summed E-state index contributed by atoms with van der Waals surface area (Å²) in [6, 6.07) is 2.68. The molecule has 0 bridgehead atoms. The topological polar surface area (TPSA) is 121 Å². The number of anilines is 1. The third-order valence-electron chi connectivity index (χ3n) is 3.51. The number of H-pyrrole nitrogens is 1. The average molecular weight is 276 g/mol. The van der Waals surface area contributed by atoms with E-state index in [9.17, 15) is 20.0 Å². The number of rotatable bonds is 4. The molecule has 0 saturated heterocycles. The van der Waals surface area contributed by atoms with Crippen molar-refractivity contribution in [1.82, 2.24) is 9.97 Å². The molecular formula is C12H12N4O4. The zero-order chi connectivity index (χ0) is 14.3. The Labute approximate surface area is 112 Å². The number of nitrogens with zero attached hydrogens (tertiary/aromatic N) is 2. The number of nitro groups is 1. The minimum Gasteiger partial charge on any atom is -0.394 e. The molecule has 3 rings (SSSR count). The van der Waals surface area contributed by atoms with Crippen molar-refractivity contribution in [3.05, 3.63) is 38.9 Å². The van der Waals surface area contributed by atoms with Crippen LogP contribution in [0.5, 0.6) is 0 Å². The Morgan fingerprint density at radius 1 is 1.50 bits per heavy atom. The highest BCUT2D eigenvalue weighted by atomic mass is 16.6. The maximum Gasteiger partial charge on any atom is 0.293 e. The van der Waals surface area contributed by atoms with Crippen molar-refractivity contribution in [2.75, 3.05) is 11.9 Å². The fourth-order valence-corrected chi connectivity index (χ4v) is 2.11. The smallest absolute Gasteiger partial charge is 0.293 e. The zero-order valence-corrected chi connectivity index (χ0v) is 10.4. The summed E-state index contributed by atoms with van der Waals surface area (Å²) in [4.78, 5) is 28.6. The van der Waals surface area contributed by atoms with E-state index in [0.29, 0.717) is 5.52 Å². The van der Waals surface area contributed by atoms with Crippen LogP contribution in [0.3, 0.4) is 0 Å². The van der Waals surface area contributed by atoms with E-state index in [2.05, 4.69) is 15.3 Å². The molecule has 3 N–H and O–H groups in total. The number of fused-ring (bicyclic) bond motifs is 1. The summed E-state index contributed by atoms with van der Waals surface area (Å²) in [6.45, 7) is -0.0923. The number of nitro benzene ring substituents is 1. The van der Waals surface area contributed by atoms with Gasteiger partial charge in [-0.25, -0.2) is 4.98 Å². The Bertz CT molecular complexity index is 751. The maximum atomic E-state index is 11.6. The van der Waals surface area contributed by atoms with E-state index in [1.165, 1.54) is 18.5 Å². The lowest BCUT2D eigenvalue weighted by Gasteiger charge is -2.16. The normalized spacial score (nSPS) is 16.1. The van der Waals surface area contributed by atoms with Gasteiger partial charge in [0.2, 0.25) is 0 Å². The summed E-state index contributed by atoms with van der Waals surface area (Å²) in [5.41, 5.74) is -0.467. The zero-order valence-electron chi connectivity index (χ0n) is 10.4. The standard InChI is InChI=1S/C12H12N4O4/c17-5-12(1-2-12)15-9-4-8-7(3-10(9)16(19)20)11(18)14-6-13-8/h3-4,6,15,17H,1-2,5H2,(H,13,14,18). The SMILES string of the molecule is O=c1[nH]cnc2cc(NC3(CO)CC3)c([N+](=O)[O-])cc12. The van der Waals surface area contributed by atoms with Gasteiger partial charge in [-0.2, -0.15) is 0 Å². The van der Waals surface area contributed by atoms with Gasteiger partial charge in [-0.05, 0) is 18.9 Å². The minimum absolute atomic E-state index is 0.0923. The summed E-state index contributed by atoms with van der Waals surface area (Å²) >= 11 is 0. The van der Waals surface area contributed by atoms with Gasteiger partial charge in [-0.1, -0.05) is 0 Å². The average Bonchev–Trinajstić information content (AvgIpc) is 3.18. The molecule has 0 spiro atoms. The Morgan fingerprint density at radius 2 is 2.25 bits per heavy atom. The van der Waals surface area contributed by atoms with Gasteiger partial charge in [-0.3, -0.25) is 14.9 Å². The second kappa shape index (κ2) is 4.27. The third kappa shape index (κ3) is 1.99. The van der Waals surface area contributed by atoms with E-state index in [0.717, 1.165) is 12.8 Å². The Morgan fingerprint density at radius 3 is 2.85 bits per heavy atom. The van der Waals surface area contributed by atoms with Crippen LogP contribution in [0.25, 0.3) is 10.9 Å². The summed E-state index contributed by atoms with van der Waals surface area (Å²) in [5, 5.41) is 23.6. The van der Waals surface area contributed by atoms with Crippen LogP contribution in [0, 0.1) is 10.1 Å². The molecule has 1 aliphatic rings. The fourth-order valence-electron chi connectivity index (χ4n) is 2.11. The molecule has 0 aliphatic heterocycles. The lowest BCUT2D eigenvalue weighted by molar-refractivity contribution is -0.383. The van der Waals surface area contributed by atoms with Crippen LogP contribution >= 0.6 is 0 Å². The molecule has 20 heavy (non-hydrogen) atoms. The van der Waals surface area contributed by atoms with E-state index >= 15 is 0 Å². The molecule has 1 aliphatic carbocycles. The second-order valence-corrected chi connectivity index (χ2v) is 4.94. The highest BCUT2D eigenvalue weighted by molar-refractivity contribution is 5.86. The molecule has 1 aromatic heterocycles. The maximum absolute atomic E-state index is 11.6. The van der Waals surface area contributed by atoms with Crippen molar-refractivity contribution in [2.45, 2.75) is 18.4 Å². The van der Waals surface area contributed by atoms with Gasteiger partial charge in [0.05, 0.1) is 34.3 Å². The highest BCUT2D eigenvalue weighted by Crippen LogP contribution is 2.41. The van der Waals surface area contributed by atoms with Crippen LogP contribution in [-0.2, 0) is 0 Å². The van der Waals surface area contributed by atoms with Crippen molar-refractivity contribution in [2.24, 2.45) is 0 Å². The first kappa shape index (κ1) is 12.5. The lowest BCUT2D eigenvalue weighted by atomic mass is 10.1. The number of hydrogen-bond acceptors (Lipinski definition) is 6. The Balaban J connectivity index is 2.17. The Hall–Kier alpha value is -2.48. The summed E-state index contributed by atoms with van der Waals surface area (Å²) in [6.07, 6.45) is 2.75. The summed E-state index contributed by atoms with van der Waals surface area (Å²) < 4.78 is 0. The van der Waals surface area contributed by atoms with Gasteiger partial charge in [0, 0.05) is 6.07 Å². The molecule has 0 unspecified atom stereocenters. The molecule has 0 amide bonds. The second-order valence-electron chi connectivity index (χ2n) is 4.94. The predicted octanol–water partition coefficient (Wildman–Crippen LogP) is 0.768. The first-order valence-corrected chi connectivity index (χ1v) is 6.09. The number of benzene rings is 1. The van der Waals surface area contributed by atoms with E-state index in [4.69, 9.17) is 0 Å². The summed E-state index contributed by atoms with van der Waals surface area (Å²) in [5.74, 6) is 0. The van der Waals surface area contributed by atoms with Gasteiger partial charge in [0.15, 0.2) is 0 Å². The van der Waals surface area contributed by atoms with Gasteiger partial charge >= 0.3 is 0 Å². The van der Waals surface area contributed by atoms with Crippen LogP contribution in [0.1, 0.15) is 12.8 Å². The molecule has 1 saturated carbocycles. The molecule has 8 nitrogen and oxygen atoms in total. The third-order valence-corrected chi connectivity index (χ3v) is 3.51. The van der Waals surface area contributed by atoms with Crippen molar-refractivity contribution >= 4 is 22.3 Å². The first-order chi connectivity index (χ1) is 9.54. The van der Waals surface area contributed by atoms with Crippen molar-refractivity contribution in [3.8, 4) is 0 Å². The lowest BCUT2D eigenvalue weighted by Crippen LogP contribution is -2.26. The number of aliphatic hydroxyl groups excluding tert-OH is 1. The van der Waals surface area contributed by atoms with Crippen LogP contribution in [0.15, 0.2) is 23.3 Å². The van der Waals surface area contributed by atoms with E-state index < -0.39 is 16.0 Å². The van der Waals surface area contributed by atoms with Gasteiger partial charge in [0.1, 0.15) is 5.69 Å². The van der Waals surface area contributed by atoms with Crippen LogP contribution < -0.4 is 10.9 Å².